The molecular formula is C20H22N2O7S. The van der Waals surface area contributed by atoms with Crippen LogP contribution in [0.5, 0.6) is 17.2 Å². The van der Waals surface area contributed by atoms with Gasteiger partial charge in [0.15, 0.2) is 27.9 Å². The van der Waals surface area contributed by atoms with Crippen LogP contribution in [-0.4, -0.2) is 46.3 Å². The number of anilines is 2. The van der Waals surface area contributed by atoms with Gasteiger partial charge in [-0.3, -0.25) is 9.59 Å². The number of carbonyl (C=O) groups excluding carboxylic acids is 2. The summed E-state index contributed by atoms with van der Waals surface area (Å²) in [4.78, 5) is 23.9. The second kappa shape index (κ2) is 8.62. The molecule has 160 valence electrons. The second-order valence-electron chi connectivity index (χ2n) is 6.67. The number of carbonyl (C=O) groups is 2. The average Bonchev–Trinajstić information content (AvgIpc) is 2.72. The molecule has 10 heteroatoms. The normalized spacial score (nSPS) is 14.0. The molecule has 0 fully saturated rings. The summed E-state index contributed by atoms with van der Waals surface area (Å²) in [5.41, 5.74) is 0.741. The van der Waals surface area contributed by atoms with E-state index in [4.69, 9.17) is 14.2 Å². The van der Waals surface area contributed by atoms with Gasteiger partial charge in [0, 0.05) is 18.2 Å². The molecule has 1 unspecified atom stereocenters. The molecule has 1 aliphatic heterocycles. The highest BCUT2D eigenvalue weighted by Gasteiger charge is 2.28. The van der Waals surface area contributed by atoms with Crippen molar-refractivity contribution >= 4 is 33.0 Å². The first-order chi connectivity index (χ1) is 14.2. The smallest absolute Gasteiger partial charge is 0.262 e. The molecule has 2 N–H and O–H groups in total. The second-order valence-corrected chi connectivity index (χ2v) is 9.04. The SMILES string of the molecule is COc1ccc(NC(=O)CC(C)S(=O)(=O)c2ccc3c(c2)NC(=O)CO3)cc1OC. The van der Waals surface area contributed by atoms with Gasteiger partial charge >= 0.3 is 0 Å². The van der Waals surface area contributed by atoms with Crippen molar-refractivity contribution in [3.63, 3.8) is 0 Å². The summed E-state index contributed by atoms with van der Waals surface area (Å²) in [6.07, 6.45) is -0.253. The van der Waals surface area contributed by atoms with Crippen LogP contribution >= 0.6 is 0 Å². The molecule has 0 saturated heterocycles. The van der Waals surface area contributed by atoms with E-state index in [0.29, 0.717) is 22.9 Å². The van der Waals surface area contributed by atoms with Crippen molar-refractivity contribution in [2.45, 2.75) is 23.5 Å². The molecule has 0 aliphatic carbocycles. The minimum atomic E-state index is -3.81. The van der Waals surface area contributed by atoms with Crippen molar-refractivity contribution in [3.8, 4) is 17.2 Å². The van der Waals surface area contributed by atoms with Gasteiger partial charge in [-0.15, -0.1) is 0 Å². The fraction of sp³-hybridized carbons (Fsp3) is 0.300. The summed E-state index contributed by atoms with van der Waals surface area (Å²) in [6.45, 7) is 1.34. The van der Waals surface area contributed by atoms with Gasteiger partial charge in [-0.05, 0) is 37.3 Å². The Morgan fingerprint density at radius 3 is 2.60 bits per heavy atom. The molecule has 2 amide bonds. The lowest BCUT2D eigenvalue weighted by Crippen LogP contribution is -2.27. The van der Waals surface area contributed by atoms with E-state index in [0.717, 1.165) is 0 Å². The first-order valence-electron chi connectivity index (χ1n) is 9.07. The first kappa shape index (κ1) is 21.4. The largest absolute Gasteiger partial charge is 0.493 e. The number of ether oxygens (including phenoxy) is 3. The predicted molar refractivity (Wildman–Crippen MR) is 110 cm³/mol. The molecule has 1 atom stereocenters. The summed E-state index contributed by atoms with van der Waals surface area (Å²) in [7, 11) is -0.836. The van der Waals surface area contributed by atoms with Crippen LogP contribution in [0.1, 0.15) is 13.3 Å². The Labute approximate surface area is 174 Å². The van der Waals surface area contributed by atoms with Crippen LogP contribution in [0.2, 0.25) is 0 Å². The molecule has 1 aliphatic rings. The van der Waals surface area contributed by atoms with Crippen LogP contribution in [0.25, 0.3) is 0 Å². The van der Waals surface area contributed by atoms with Crippen LogP contribution in [0, 0.1) is 0 Å². The topological polar surface area (TPSA) is 120 Å². The van der Waals surface area contributed by atoms with Gasteiger partial charge in [0.1, 0.15) is 5.75 Å². The van der Waals surface area contributed by atoms with E-state index in [2.05, 4.69) is 10.6 Å². The highest BCUT2D eigenvalue weighted by molar-refractivity contribution is 7.92. The van der Waals surface area contributed by atoms with Gasteiger partial charge in [-0.25, -0.2) is 8.42 Å². The Hall–Kier alpha value is -3.27. The van der Waals surface area contributed by atoms with Crippen molar-refractivity contribution in [2.24, 2.45) is 0 Å². The van der Waals surface area contributed by atoms with Crippen LogP contribution in [0.4, 0.5) is 11.4 Å². The Morgan fingerprint density at radius 2 is 1.90 bits per heavy atom. The molecule has 2 aromatic carbocycles. The molecule has 0 radical (unpaired) electrons. The minimum Gasteiger partial charge on any atom is -0.493 e. The summed E-state index contributed by atoms with van der Waals surface area (Å²) in [5.74, 6) is 0.518. The highest BCUT2D eigenvalue weighted by atomic mass is 32.2. The zero-order valence-corrected chi connectivity index (χ0v) is 17.5. The molecule has 0 aromatic heterocycles. The monoisotopic (exact) mass is 434 g/mol. The maximum Gasteiger partial charge on any atom is 0.262 e. The summed E-state index contributed by atoms with van der Waals surface area (Å²) >= 11 is 0. The number of benzene rings is 2. The molecule has 9 nitrogen and oxygen atoms in total. The number of fused-ring (bicyclic) bond motifs is 1. The highest BCUT2D eigenvalue weighted by Crippen LogP contribution is 2.32. The standard InChI is InChI=1S/C20H22N2O7S/c1-12(8-19(23)21-13-4-6-17(27-2)18(9-13)28-3)30(25,26)14-5-7-16-15(10-14)22-20(24)11-29-16/h4-7,9-10,12H,8,11H2,1-3H3,(H,21,23)(H,22,24). The molecule has 2 aromatic rings. The number of hydrogen-bond acceptors (Lipinski definition) is 7. The van der Waals surface area contributed by atoms with Gasteiger partial charge in [-0.1, -0.05) is 0 Å². The van der Waals surface area contributed by atoms with Crippen molar-refractivity contribution < 1.29 is 32.2 Å². The lowest BCUT2D eigenvalue weighted by Gasteiger charge is -2.19. The minimum absolute atomic E-state index is 0.00142. The number of amides is 2. The van der Waals surface area contributed by atoms with E-state index < -0.39 is 21.0 Å². The number of hydrogen-bond donors (Lipinski definition) is 2. The third kappa shape index (κ3) is 4.48. The van der Waals surface area contributed by atoms with E-state index >= 15 is 0 Å². The third-order valence-corrected chi connectivity index (χ3v) is 6.72. The average molecular weight is 434 g/mol. The number of rotatable bonds is 7. The van der Waals surface area contributed by atoms with Crippen LogP contribution in [0.15, 0.2) is 41.3 Å². The summed E-state index contributed by atoms with van der Waals surface area (Å²) in [6, 6.07) is 9.07. The van der Waals surface area contributed by atoms with Gasteiger partial charge in [0.25, 0.3) is 5.91 Å². The van der Waals surface area contributed by atoms with Crippen LogP contribution in [-0.2, 0) is 19.4 Å². The quantitative estimate of drug-likeness (QED) is 0.686. The van der Waals surface area contributed by atoms with E-state index in [1.54, 1.807) is 18.2 Å². The Morgan fingerprint density at radius 1 is 1.17 bits per heavy atom. The fourth-order valence-corrected chi connectivity index (χ4v) is 4.34. The third-order valence-electron chi connectivity index (χ3n) is 4.58. The number of sulfone groups is 1. The first-order valence-corrected chi connectivity index (χ1v) is 10.6. The van der Waals surface area contributed by atoms with E-state index in [1.807, 2.05) is 0 Å². The number of methoxy groups -OCH3 is 2. The van der Waals surface area contributed by atoms with Crippen molar-refractivity contribution in [3.05, 3.63) is 36.4 Å². The number of nitrogens with one attached hydrogen (secondary N) is 2. The van der Waals surface area contributed by atoms with Gasteiger partial charge in [0.05, 0.1) is 30.1 Å². The fourth-order valence-electron chi connectivity index (χ4n) is 2.97. The maximum absolute atomic E-state index is 12.9. The predicted octanol–water partition coefficient (Wildman–Crippen LogP) is 2.23. The van der Waals surface area contributed by atoms with Crippen LogP contribution in [0.3, 0.4) is 0 Å². The maximum atomic E-state index is 12.9. The van der Waals surface area contributed by atoms with Gasteiger partial charge in [-0.2, -0.15) is 0 Å². The Balaban J connectivity index is 1.72. The van der Waals surface area contributed by atoms with Crippen molar-refractivity contribution in [1.82, 2.24) is 0 Å². The molecular weight excluding hydrogens is 412 g/mol. The lowest BCUT2D eigenvalue weighted by molar-refractivity contribution is -0.118. The van der Waals surface area contributed by atoms with Gasteiger partial charge in [0.2, 0.25) is 5.91 Å². The van der Waals surface area contributed by atoms with Crippen LogP contribution < -0.4 is 24.8 Å². The summed E-state index contributed by atoms with van der Waals surface area (Å²) < 4.78 is 41.4. The molecule has 0 saturated carbocycles. The van der Waals surface area contributed by atoms with E-state index in [1.165, 1.54) is 39.3 Å². The Bertz CT molecular complexity index is 1080. The molecule has 1 heterocycles. The molecule has 0 bridgehead atoms. The van der Waals surface area contributed by atoms with Gasteiger partial charge < -0.3 is 24.8 Å². The Kier molecular flexibility index (Phi) is 6.16. The van der Waals surface area contributed by atoms with E-state index in [9.17, 15) is 18.0 Å². The summed E-state index contributed by atoms with van der Waals surface area (Å²) in [5, 5.41) is 4.25. The van der Waals surface area contributed by atoms with Crippen molar-refractivity contribution in [1.29, 1.82) is 0 Å². The molecule has 30 heavy (non-hydrogen) atoms. The molecule has 3 rings (SSSR count). The zero-order chi connectivity index (χ0) is 21.9. The lowest BCUT2D eigenvalue weighted by atomic mass is 10.2. The molecule has 0 spiro atoms. The zero-order valence-electron chi connectivity index (χ0n) is 16.7. The van der Waals surface area contributed by atoms with Crippen molar-refractivity contribution in [2.75, 3.05) is 31.5 Å². The van der Waals surface area contributed by atoms with E-state index in [-0.39, 0.29) is 29.5 Å².